The number of benzene rings is 1. The molecule has 12 heteroatoms. The van der Waals surface area contributed by atoms with Crippen molar-refractivity contribution < 1.29 is 27.3 Å². The van der Waals surface area contributed by atoms with Gasteiger partial charge in [-0.3, -0.25) is 9.59 Å². The van der Waals surface area contributed by atoms with Crippen LogP contribution in [0.1, 0.15) is 19.7 Å². The maximum Gasteiger partial charge on any atom is 0.471 e. The average molecular weight is 422 g/mol. The lowest BCUT2D eigenvalue weighted by molar-refractivity contribution is -0.159. The molecule has 4 N–H and O–H groups in total. The maximum atomic E-state index is 12.5. The summed E-state index contributed by atoms with van der Waals surface area (Å²) in [5, 5.41) is 8.23. The zero-order chi connectivity index (χ0) is 20.2. The lowest BCUT2D eigenvalue weighted by Crippen LogP contribution is -2.46. The molecule has 2 rings (SSSR count). The zero-order valence-corrected chi connectivity index (χ0v) is 15.7. The van der Waals surface area contributed by atoms with Gasteiger partial charge in [0.05, 0.1) is 12.6 Å². The fourth-order valence-corrected chi connectivity index (χ4v) is 1.95. The number of carbonyl (C=O) groups excluding carboxylic acids is 2. The molecule has 28 heavy (non-hydrogen) atoms. The minimum absolute atomic E-state index is 0. The molecule has 0 bridgehead atoms. The van der Waals surface area contributed by atoms with E-state index in [0.717, 1.165) is 0 Å². The summed E-state index contributed by atoms with van der Waals surface area (Å²) in [6, 6.07) is 5.05. The van der Waals surface area contributed by atoms with Gasteiger partial charge in [-0.05, 0) is 30.2 Å². The molecule has 0 fully saturated rings. The highest BCUT2D eigenvalue weighted by Crippen LogP contribution is 2.29. The molecule has 0 aliphatic heterocycles. The summed E-state index contributed by atoms with van der Waals surface area (Å²) in [5.41, 5.74) is 6.33. The molecule has 1 aromatic carbocycles. The normalized spacial score (nSPS) is 12.2. The molecule has 0 spiro atoms. The van der Waals surface area contributed by atoms with Crippen molar-refractivity contribution in [3.8, 4) is 11.4 Å². The Labute approximate surface area is 164 Å². The van der Waals surface area contributed by atoms with E-state index in [1.165, 1.54) is 24.3 Å². The smallest absolute Gasteiger partial charge is 0.346 e. The van der Waals surface area contributed by atoms with E-state index in [1.807, 2.05) is 0 Å². The van der Waals surface area contributed by atoms with Crippen LogP contribution in [0.15, 0.2) is 28.8 Å². The predicted octanol–water partition coefficient (Wildman–Crippen LogP) is 2.22. The highest BCUT2D eigenvalue weighted by molar-refractivity contribution is 5.95. The third kappa shape index (κ3) is 6.20. The Morgan fingerprint density at radius 3 is 2.32 bits per heavy atom. The highest BCUT2D eigenvalue weighted by atomic mass is 35.5. The number of rotatable bonds is 6. The largest absolute Gasteiger partial charge is 0.471 e. The van der Waals surface area contributed by atoms with Crippen molar-refractivity contribution in [2.45, 2.75) is 26.1 Å². The number of nitrogens with zero attached hydrogens (tertiary/aromatic N) is 2. The molecule has 1 aromatic heterocycles. The van der Waals surface area contributed by atoms with Crippen molar-refractivity contribution in [1.29, 1.82) is 0 Å². The van der Waals surface area contributed by atoms with Crippen molar-refractivity contribution in [2.24, 2.45) is 11.7 Å². The van der Waals surface area contributed by atoms with Crippen LogP contribution in [-0.2, 0) is 15.8 Å². The van der Waals surface area contributed by atoms with Gasteiger partial charge in [-0.1, -0.05) is 19.0 Å². The lowest BCUT2D eigenvalue weighted by Gasteiger charge is -2.15. The number of alkyl halides is 3. The molecule has 0 unspecified atom stereocenters. The van der Waals surface area contributed by atoms with Gasteiger partial charge in [-0.15, -0.1) is 12.4 Å². The third-order valence-electron chi connectivity index (χ3n) is 3.54. The number of hydrogen-bond donors (Lipinski definition) is 3. The Morgan fingerprint density at radius 1 is 1.21 bits per heavy atom. The van der Waals surface area contributed by atoms with Crippen LogP contribution < -0.4 is 16.4 Å². The summed E-state index contributed by atoms with van der Waals surface area (Å²) in [4.78, 5) is 26.8. The van der Waals surface area contributed by atoms with E-state index in [2.05, 4.69) is 25.3 Å². The Hall–Kier alpha value is -2.66. The topological polar surface area (TPSA) is 123 Å². The van der Waals surface area contributed by atoms with Crippen LogP contribution in [0.5, 0.6) is 0 Å². The minimum atomic E-state index is -4.72. The monoisotopic (exact) mass is 421 g/mol. The van der Waals surface area contributed by atoms with Gasteiger partial charge < -0.3 is 20.9 Å². The molecule has 0 aliphatic rings. The molecule has 2 amide bonds. The van der Waals surface area contributed by atoms with Gasteiger partial charge >= 0.3 is 12.1 Å². The van der Waals surface area contributed by atoms with E-state index < -0.39 is 29.9 Å². The quantitative estimate of drug-likeness (QED) is 0.657. The van der Waals surface area contributed by atoms with Gasteiger partial charge in [-0.2, -0.15) is 18.2 Å². The van der Waals surface area contributed by atoms with Crippen molar-refractivity contribution in [3.63, 3.8) is 0 Å². The van der Waals surface area contributed by atoms with E-state index in [4.69, 9.17) is 5.73 Å². The van der Waals surface area contributed by atoms with Crippen molar-refractivity contribution in [1.82, 2.24) is 15.5 Å². The second-order valence-corrected chi connectivity index (χ2v) is 6.03. The Kier molecular flexibility index (Phi) is 7.94. The zero-order valence-electron chi connectivity index (χ0n) is 14.9. The highest BCUT2D eigenvalue weighted by Gasteiger charge is 2.38. The summed E-state index contributed by atoms with van der Waals surface area (Å²) in [7, 11) is 0. The molecule has 0 aliphatic carbocycles. The van der Waals surface area contributed by atoms with Crippen LogP contribution in [0.2, 0.25) is 0 Å². The second kappa shape index (κ2) is 9.51. The number of amides is 2. The van der Waals surface area contributed by atoms with Gasteiger partial charge in [0, 0.05) is 11.3 Å². The van der Waals surface area contributed by atoms with Crippen LogP contribution in [-0.4, -0.2) is 34.5 Å². The summed E-state index contributed by atoms with van der Waals surface area (Å²) < 4.78 is 41.6. The summed E-state index contributed by atoms with van der Waals surface area (Å²) in [6.45, 7) is 3.31. The maximum absolute atomic E-state index is 12.5. The SMILES string of the molecule is CC(C)[C@H](N)C(=O)NCC(=O)Nc1ccc(-c2noc(C(F)(F)F)n2)cc1.Cl. The molecular weight excluding hydrogens is 403 g/mol. The minimum Gasteiger partial charge on any atom is -0.346 e. The first-order chi connectivity index (χ1) is 12.6. The van der Waals surface area contributed by atoms with E-state index in [9.17, 15) is 22.8 Å². The number of hydrogen-bond acceptors (Lipinski definition) is 6. The fourth-order valence-electron chi connectivity index (χ4n) is 1.95. The molecule has 0 radical (unpaired) electrons. The number of nitrogens with two attached hydrogens (primary N) is 1. The average Bonchev–Trinajstić information content (AvgIpc) is 3.10. The molecular formula is C16H19ClF3N5O3. The molecule has 0 saturated carbocycles. The van der Waals surface area contributed by atoms with Gasteiger partial charge in [0.15, 0.2) is 0 Å². The number of carbonyl (C=O) groups is 2. The molecule has 0 saturated heterocycles. The van der Waals surface area contributed by atoms with Crippen LogP contribution in [0, 0.1) is 5.92 Å². The Balaban J connectivity index is 0.00000392. The first kappa shape index (κ1) is 23.4. The summed E-state index contributed by atoms with van der Waals surface area (Å²) >= 11 is 0. The Bertz CT molecular complexity index is 809. The Morgan fingerprint density at radius 2 is 1.82 bits per heavy atom. The van der Waals surface area contributed by atoms with Crippen LogP contribution in [0.3, 0.4) is 0 Å². The van der Waals surface area contributed by atoms with Crippen molar-refractivity contribution in [3.05, 3.63) is 30.2 Å². The van der Waals surface area contributed by atoms with Crippen molar-refractivity contribution in [2.75, 3.05) is 11.9 Å². The van der Waals surface area contributed by atoms with Crippen LogP contribution in [0.25, 0.3) is 11.4 Å². The third-order valence-corrected chi connectivity index (χ3v) is 3.54. The molecule has 8 nitrogen and oxygen atoms in total. The summed E-state index contributed by atoms with van der Waals surface area (Å²) in [5.74, 6) is -2.65. The number of anilines is 1. The molecule has 2 aromatic rings. The number of halogens is 4. The van der Waals surface area contributed by atoms with Gasteiger partial charge in [-0.25, -0.2) is 0 Å². The predicted molar refractivity (Wildman–Crippen MR) is 96.4 cm³/mol. The van der Waals surface area contributed by atoms with Crippen LogP contribution in [0.4, 0.5) is 18.9 Å². The van der Waals surface area contributed by atoms with Crippen LogP contribution >= 0.6 is 12.4 Å². The van der Waals surface area contributed by atoms with Crippen molar-refractivity contribution >= 4 is 29.9 Å². The molecule has 1 atom stereocenters. The lowest BCUT2D eigenvalue weighted by atomic mass is 10.1. The van der Waals surface area contributed by atoms with E-state index >= 15 is 0 Å². The number of nitrogens with one attached hydrogen (secondary N) is 2. The first-order valence-electron chi connectivity index (χ1n) is 7.92. The van der Waals surface area contributed by atoms with E-state index in [-0.39, 0.29) is 36.3 Å². The molecule has 1 heterocycles. The number of aromatic nitrogens is 2. The fraction of sp³-hybridized carbons (Fsp3) is 0.375. The second-order valence-electron chi connectivity index (χ2n) is 6.03. The first-order valence-corrected chi connectivity index (χ1v) is 7.92. The van der Waals surface area contributed by atoms with Gasteiger partial charge in [0.25, 0.3) is 0 Å². The van der Waals surface area contributed by atoms with E-state index in [1.54, 1.807) is 13.8 Å². The summed E-state index contributed by atoms with van der Waals surface area (Å²) in [6.07, 6.45) is -4.72. The van der Waals surface area contributed by atoms with E-state index in [0.29, 0.717) is 5.69 Å². The van der Waals surface area contributed by atoms with Gasteiger partial charge in [0.1, 0.15) is 0 Å². The van der Waals surface area contributed by atoms with Gasteiger partial charge in [0.2, 0.25) is 17.6 Å². The standard InChI is InChI=1S/C16H18F3N5O3.ClH/c1-8(2)12(20)14(26)21-7-11(25)22-10-5-3-9(4-6-10)13-23-15(27-24-13)16(17,18)19;/h3-6,8,12H,7,20H2,1-2H3,(H,21,26)(H,22,25);1H/t12-;/m0./s1. The molecule has 154 valence electrons.